The Hall–Kier alpha value is -2.33. The third-order valence-electron chi connectivity index (χ3n) is 10.8. The summed E-state index contributed by atoms with van der Waals surface area (Å²) in [5.41, 5.74) is 2.80. The summed E-state index contributed by atoms with van der Waals surface area (Å²) in [6, 6.07) is 5.69. The van der Waals surface area contributed by atoms with Crippen molar-refractivity contribution in [2.75, 3.05) is 66.4 Å². The zero-order valence-electron chi connectivity index (χ0n) is 27.5. The Morgan fingerprint density at radius 3 is 2.49 bits per heavy atom. The van der Waals surface area contributed by atoms with E-state index in [1.54, 1.807) is 17.7 Å². The lowest BCUT2D eigenvalue weighted by atomic mass is 9.60. The van der Waals surface area contributed by atoms with Crippen molar-refractivity contribution < 1.29 is 53.6 Å². The number of benzene rings is 1. The van der Waals surface area contributed by atoms with Gasteiger partial charge in [0.1, 0.15) is 36.8 Å². The van der Waals surface area contributed by atoms with Gasteiger partial charge in [0.15, 0.2) is 0 Å². The summed E-state index contributed by atoms with van der Waals surface area (Å²) in [5, 5.41) is 41.5. The van der Waals surface area contributed by atoms with Gasteiger partial charge < -0.3 is 48.8 Å². The average Bonchev–Trinajstić information content (AvgIpc) is 3.35. The Morgan fingerprint density at radius 1 is 1.02 bits per heavy atom. The summed E-state index contributed by atoms with van der Waals surface area (Å²) in [6.45, 7) is 8.24. The first-order valence-electron chi connectivity index (χ1n) is 17.0. The van der Waals surface area contributed by atoms with E-state index in [1.807, 2.05) is 12.1 Å². The fourth-order valence-electron chi connectivity index (χ4n) is 8.50. The van der Waals surface area contributed by atoms with Crippen LogP contribution in [0.5, 0.6) is 5.75 Å². The molecule has 11 atom stereocenters. The smallest absolute Gasteiger partial charge is 0.418 e. The summed E-state index contributed by atoms with van der Waals surface area (Å²) in [4.78, 5) is 16.6. The minimum absolute atomic E-state index is 0.0983. The van der Waals surface area contributed by atoms with Crippen LogP contribution in [0.25, 0.3) is 10.9 Å². The first-order chi connectivity index (χ1) is 22.8. The quantitative estimate of drug-likeness (QED) is 0.229. The number of nitrogens with zero attached hydrogens (tertiary/aromatic N) is 2. The molecule has 1 aliphatic carbocycles. The highest BCUT2D eigenvalue weighted by Gasteiger charge is 2.53. The minimum Gasteiger partial charge on any atom is -0.462 e. The van der Waals surface area contributed by atoms with Gasteiger partial charge in [0, 0.05) is 43.2 Å². The Kier molecular flexibility index (Phi) is 11.1. The fourth-order valence-corrected chi connectivity index (χ4v) is 8.50. The molecule has 4 fully saturated rings. The highest BCUT2D eigenvalue weighted by molar-refractivity contribution is 5.95. The molecule has 4 bridgehead atoms. The van der Waals surface area contributed by atoms with Gasteiger partial charge in [-0.2, -0.15) is 0 Å². The molecule has 47 heavy (non-hydrogen) atoms. The first kappa shape index (κ1) is 34.5. The number of aliphatic hydroxyl groups is 4. The fraction of sp³-hybridized carbons (Fsp3) is 0.735. The molecule has 4 aliphatic heterocycles. The topological polar surface area (TPSA) is 162 Å². The molecule has 4 N–H and O–H groups in total. The van der Waals surface area contributed by atoms with Crippen molar-refractivity contribution in [2.24, 2.45) is 17.8 Å². The van der Waals surface area contributed by atoms with Crippen LogP contribution in [-0.2, 0) is 30.1 Å². The number of hydrogen-bond acceptors (Lipinski definition) is 12. The molecule has 2 aromatic rings. The number of ether oxygens (including phenoxy) is 6. The number of rotatable bonds is 13. The Balaban J connectivity index is 1.28. The SMILES string of the molecule is CCC1C(C)C2CC3c4c(c5cc(OC6OC(CO)C(O)C(O)C6O)ccc5n4C(=O)OCCOCCOCCOC)CCN(C2)C31. The molecule has 3 saturated heterocycles. The van der Waals surface area contributed by atoms with E-state index in [4.69, 9.17) is 28.4 Å². The molecule has 1 saturated carbocycles. The third kappa shape index (κ3) is 6.66. The lowest BCUT2D eigenvalue weighted by molar-refractivity contribution is -0.277. The predicted molar refractivity (Wildman–Crippen MR) is 169 cm³/mol. The molecule has 7 rings (SSSR count). The van der Waals surface area contributed by atoms with Gasteiger partial charge in [-0.05, 0) is 54.4 Å². The van der Waals surface area contributed by atoms with Crippen molar-refractivity contribution in [3.05, 3.63) is 29.5 Å². The highest BCUT2D eigenvalue weighted by atomic mass is 16.7. The van der Waals surface area contributed by atoms with Crippen molar-refractivity contribution in [2.45, 2.75) is 75.8 Å². The number of fused-ring (bicyclic) bond motifs is 4. The highest BCUT2D eigenvalue weighted by Crippen LogP contribution is 2.54. The van der Waals surface area contributed by atoms with Gasteiger partial charge >= 0.3 is 6.09 Å². The lowest BCUT2D eigenvalue weighted by Gasteiger charge is -2.56. The maximum absolute atomic E-state index is 13.9. The van der Waals surface area contributed by atoms with Crippen molar-refractivity contribution in [1.29, 1.82) is 0 Å². The van der Waals surface area contributed by atoms with Crippen LogP contribution in [-0.4, -0.2) is 139 Å². The van der Waals surface area contributed by atoms with E-state index in [0.29, 0.717) is 61.5 Å². The van der Waals surface area contributed by atoms with E-state index >= 15 is 0 Å². The van der Waals surface area contributed by atoms with Gasteiger partial charge in [-0.25, -0.2) is 9.36 Å². The first-order valence-corrected chi connectivity index (χ1v) is 17.0. The van der Waals surface area contributed by atoms with Gasteiger partial charge in [-0.3, -0.25) is 4.90 Å². The summed E-state index contributed by atoms with van der Waals surface area (Å²) in [5.74, 6) is 2.24. The second-order valence-electron chi connectivity index (χ2n) is 13.3. The van der Waals surface area contributed by atoms with Crippen molar-refractivity contribution >= 4 is 17.0 Å². The van der Waals surface area contributed by atoms with Crippen LogP contribution in [0.3, 0.4) is 0 Å². The van der Waals surface area contributed by atoms with Crippen LogP contribution in [0.1, 0.15) is 43.9 Å². The number of carbonyl (C=O) groups excluding carboxylic acids is 1. The zero-order valence-corrected chi connectivity index (χ0v) is 27.5. The normalized spacial score (nSPS) is 34.7. The largest absolute Gasteiger partial charge is 0.462 e. The molecular weight excluding hydrogens is 612 g/mol. The van der Waals surface area contributed by atoms with Crippen LogP contribution in [0.2, 0.25) is 0 Å². The number of aliphatic hydroxyl groups excluding tert-OH is 4. The molecule has 13 nitrogen and oxygen atoms in total. The summed E-state index contributed by atoms with van der Waals surface area (Å²) < 4.78 is 35.2. The van der Waals surface area contributed by atoms with E-state index in [2.05, 4.69) is 18.7 Å². The molecule has 1 aromatic carbocycles. The van der Waals surface area contributed by atoms with Crippen LogP contribution < -0.4 is 4.74 Å². The number of hydrogen-bond donors (Lipinski definition) is 4. The van der Waals surface area contributed by atoms with Crippen LogP contribution >= 0.6 is 0 Å². The molecule has 13 heteroatoms. The predicted octanol–water partition coefficient (Wildman–Crippen LogP) is 1.49. The molecule has 11 unspecified atom stereocenters. The van der Waals surface area contributed by atoms with Crippen molar-refractivity contribution in [3.8, 4) is 5.75 Å². The van der Waals surface area contributed by atoms with E-state index in [1.165, 1.54) is 0 Å². The van der Waals surface area contributed by atoms with Gasteiger partial charge in [-0.15, -0.1) is 0 Å². The zero-order chi connectivity index (χ0) is 33.2. The van der Waals surface area contributed by atoms with Gasteiger partial charge in [-0.1, -0.05) is 20.3 Å². The maximum Gasteiger partial charge on any atom is 0.418 e. The molecule has 0 spiro atoms. The second kappa shape index (κ2) is 15.1. The minimum atomic E-state index is -1.55. The maximum atomic E-state index is 13.9. The van der Waals surface area contributed by atoms with Gasteiger partial charge in [0.2, 0.25) is 6.29 Å². The number of carbonyl (C=O) groups is 1. The van der Waals surface area contributed by atoms with E-state index < -0.39 is 43.4 Å². The molecule has 1 aromatic heterocycles. The molecule has 262 valence electrons. The lowest BCUT2D eigenvalue weighted by Crippen LogP contribution is -2.60. The summed E-state index contributed by atoms with van der Waals surface area (Å²) in [6.07, 6.45) is -4.56. The molecule has 5 aliphatic rings. The van der Waals surface area contributed by atoms with Crippen LogP contribution in [0.15, 0.2) is 18.2 Å². The standard InChI is InChI=1S/C34H50N2O11/c1-4-22-19(2)20-15-25-28(22)35(17-20)8-7-23-24-16-21(46-33-32(40)31(39)30(38)27(18-37)47-33)5-6-26(24)36(29(23)25)34(41)45-14-13-44-12-11-43-10-9-42-3/h5-6,16,19-20,22,25,27-28,30-33,37-40H,4,7-15,17-18H2,1-3H3. The van der Waals surface area contributed by atoms with Crippen molar-refractivity contribution in [3.63, 3.8) is 0 Å². The van der Waals surface area contributed by atoms with Gasteiger partial charge in [0.05, 0.1) is 45.2 Å². The van der Waals surface area contributed by atoms with E-state index in [-0.39, 0.29) is 19.1 Å². The third-order valence-corrected chi connectivity index (χ3v) is 10.8. The number of aromatic nitrogens is 1. The molecule has 0 radical (unpaired) electrons. The molecule has 0 amide bonds. The Bertz CT molecular complexity index is 1370. The summed E-state index contributed by atoms with van der Waals surface area (Å²) >= 11 is 0. The van der Waals surface area contributed by atoms with Gasteiger partial charge in [0.25, 0.3) is 0 Å². The molecule has 5 heterocycles. The Morgan fingerprint density at radius 2 is 1.77 bits per heavy atom. The second-order valence-corrected chi connectivity index (χ2v) is 13.3. The molecular formula is C34H50N2O11. The Labute approximate surface area is 275 Å². The van der Waals surface area contributed by atoms with E-state index in [9.17, 15) is 25.2 Å². The number of methoxy groups -OCH3 is 1. The van der Waals surface area contributed by atoms with Crippen LogP contribution in [0, 0.1) is 17.8 Å². The average molecular weight is 663 g/mol. The van der Waals surface area contributed by atoms with Crippen LogP contribution in [0.4, 0.5) is 4.79 Å². The monoisotopic (exact) mass is 662 g/mol. The van der Waals surface area contributed by atoms with E-state index in [0.717, 1.165) is 49.0 Å². The number of piperidine rings is 2. The summed E-state index contributed by atoms with van der Waals surface area (Å²) in [7, 11) is 1.62. The van der Waals surface area contributed by atoms with Crippen molar-refractivity contribution in [1.82, 2.24) is 9.47 Å².